The number of likely N-dealkylation sites (tertiary alicyclic amines) is 1. The van der Waals surface area contributed by atoms with Crippen LogP contribution in [0.2, 0.25) is 0 Å². The second-order valence-electron chi connectivity index (χ2n) is 11.5. The van der Waals surface area contributed by atoms with E-state index >= 15 is 0 Å². The predicted octanol–water partition coefficient (Wildman–Crippen LogP) is 3.10. The molecule has 0 unspecified atom stereocenters. The molecular formula is C29H38FN7O4S. The van der Waals surface area contributed by atoms with E-state index in [1.54, 1.807) is 30.0 Å². The number of rotatable bonds is 8. The number of benzene rings is 1. The molecule has 0 spiro atoms. The number of anilines is 1. The highest BCUT2D eigenvalue weighted by Crippen LogP contribution is 2.43. The number of nitrogens with zero attached hydrogens (tertiary/aromatic N) is 5. The summed E-state index contributed by atoms with van der Waals surface area (Å²) in [6, 6.07) is 8.17. The van der Waals surface area contributed by atoms with Crippen LogP contribution in [0, 0.1) is 5.82 Å². The molecule has 2 saturated heterocycles. The van der Waals surface area contributed by atoms with Crippen molar-refractivity contribution < 1.29 is 22.3 Å². The number of methoxy groups -OCH3 is 1. The lowest BCUT2D eigenvalue weighted by molar-refractivity contribution is 0.0233. The molecule has 2 aliphatic heterocycles. The standard InChI is InChI=1S/C29H38FN7O4S/c1-31-42(39,40)34-29(38)24-18-25(36-14-10-21(11-15-36)35-16-12-23(41-2)13-17-35)26-27(19-4-3-5-19)33-37(28(26)32-24)22-8-6-20(30)7-9-22/h6-9,18-19,21,23,31H,3-5,10-17H2,1-2H3,(H,34,38). The van der Waals surface area contributed by atoms with E-state index in [0.29, 0.717) is 23.5 Å². The van der Waals surface area contributed by atoms with Gasteiger partial charge in [0.15, 0.2) is 5.65 Å². The van der Waals surface area contributed by atoms with Crippen LogP contribution in [-0.4, -0.2) is 86.5 Å². The number of aromatic nitrogens is 3. The van der Waals surface area contributed by atoms with Crippen molar-refractivity contribution in [3.63, 3.8) is 0 Å². The van der Waals surface area contributed by atoms with Gasteiger partial charge in [0.1, 0.15) is 11.5 Å². The smallest absolute Gasteiger partial charge is 0.301 e. The van der Waals surface area contributed by atoms with Crippen molar-refractivity contribution in [3.8, 4) is 5.69 Å². The Hall–Kier alpha value is -3.13. The third-order valence-electron chi connectivity index (χ3n) is 9.07. The molecule has 1 aromatic carbocycles. The number of hydrogen-bond donors (Lipinski definition) is 2. The topological polar surface area (TPSA) is 122 Å². The van der Waals surface area contributed by atoms with Crippen molar-refractivity contribution in [3.05, 3.63) is 47.5 Å². The van der Waals surface area contributed by atoms with E-state index in [1.807, 2.05) is 4.72 Å². The molecule has 226 valence electrons. The molecule has 11 nitrogen and oxygen atoms in total. The van der Waals surface area contributed by atoms with Gasteiger partial charge in [-0.2, -0.15) is 13.5 Å². The van der Waals surface area contributed by atoms with Gasteiger partial charge in [0.05, 0.1) is 28.6 Å². The number of amides is 1. The summed E-state index contributed by atoms with van der Waals surface area (Å²) < 4.78 is 49.5. The highest BCUT2D eigenvalue weighted by Gasteiger charge is 2.33. The summed E-state index contributed by atoms with van der Waals surface area (Å²) in [5.41, 5.74) is 2.80. The minimum Gasteiger partial charge on any atom is -0.381 e. The molecule has 13 heteroatoms. The van der Waals surface area contributed by atoms with Crippen molar-refractivity contribution >= 4 is 32.8 Å². The molecule has 4 heterocycles. The Morgan fingerprint density at radius 2 is 1.71 bits per heavy atom. The number of carbonyl (C=O) groups excluding carboxylic acids is 1. The molecule has 6 rings (SSSR count). The van der Waals surface area contributed by atoms with E-state index in [-0.39, 0.29) is 17.4 Å². The van der Waals surface area contributed by atoms with Gasteiger partial charge in [0.2, 0.25) is 0 Å². The molecule has 3 aromatic rings. The van der Waals surface area contributed by atoms with E-state index in [4.69, 9.17) is 9.84 Å². The number of ether oxygens (including phenoxy) is 1. The summed E-state index contributed by atoms with van der Waals surface area (Å²) in [6.07, 6.45) is 7.51. The van der Waals surface area contributed by atoms with Crippen molar-refractivity contribution in [1.29, 1.82) is 0 Å². The number of nitrogens with one attached hydrogen (secondary N) is 2. The fourth-order valence-electron chi connectivity index (χ4n) is 6.39. The summed E-state index contributed by atoms with van der Waals surface area (Å²) in [7, 11) is -1.02. The zero-order valence-electron chi connectivity index (χ0n) is 24.1. The largest absolute Gasteiger partial charge is 0.381 e. The van der Waals surface area contributed by atoms with Crippen molar-refractivity contribution in [2.24, 2.45) is 0 Å². The van der Waals surface area contributed by atoms with E-state index in [0.717, 1.165) is 87.9 Å². The van der Waals surface area contributed by atoms with Gasteiger partial charge in [0, 0.05) is 52.3 Å². The maximum absolute atomic E-state index is 13.8. The van der Waals surface area contributed by atoms with Crippen LogP contribution in [0.5, 0.6) is 0 Å². The van der Waals surface area contributed by atoms with Gasteiger partial charge in [-0.3, -0.25) is 4.79 Å². The minimum absolute atomic E-state index is 0.0245. The van der Waals surface area contributed by atoms with Gasteiger partial charge in [-0.05, 0) is 68.9 Å². The minimum atomic E-state index is -4.04. The van der Waals surface area contributed by atoms with E-state index in [1.165, 1.54) is 19.2 Å². The summed E-state index contributed by atoms with van der Waals surface area (Å²) in [6.45, 7) is 3.64. The molecule has 3 fully saturated rings. The Labute approximate surface area is 245 Å². The summed E-state index contributed by atoms with van der Waals surface area (Å²) in [4.78, 5) is 22.7. The molecule has 0 bridgehead atoms. The molecule has 2 aromatic heterocycles. The lowest BCUT2D eigenvalue weighted by Gasteiger charge is -2.42. The van der Waals surface area contributed by atoms with Crippen LogP contribution >= 0.6 is 0 Å². The van der Waals surface area contributed by atoms with Gasteiger partial charge in [0.25, 0.3) is 5.91 Å². The molecule has 2 N–H and O–H groups in total. The Bertz CT molecular complexity index is 1540. The number of halogens is 1. The number of carbonyl (C=O) groups is 1. The predicted molar refractivity (Wildman–Crippen MR) is 158 cm³/mol. The van der Waals surface area contributed by atoms with Crippen LogP contribution in [-0.2, 0) is 14.9 Å². The molecule has 1 saturated carbocycles. The van der Waals surface area contributed by atoms with Crippen LogP contribution in [0.4, 0.5) is 10.1 Å². The summed E-state index contributed by atoms with van der Waals surface area (Å²) in [5.74, 6) is -0.936. The zero-order chi connectivity index (χ0) is 29.4. The second-order valence-corrected chi connectivity index (χ2v) is 13.1. The molecule has 0 atom stereocenters. The molecule has 3 aliphatic rings. The number of pyridine rings is 1. The van der Waals surface area contributed by atoms with Crippen LogP contribution in [0.3, 0.4) is 0 Å². The number of fused-ring (bicyclic) bond motifs is 1. The molecule has 1 aliphatic carbocycles. The third kappa shape index (κ3) is 5.75. The van der Waals surface area contributed by atoms with Crippen LogP contribution in [0.15, 0.2) is 30.3 Å². The zero-order valence-corrected chi connectivity index (χ0v) is 24.9. The average Bonchev–Trinajstić information content (AvgIpc) is 3.35. The van der Waals surface area contributed by atoms with Crippen LogP contribution in [0.25, 0.3) is 16.7 Å². The van der Waals surface area contributed by atoms with Gasteiger partial charge in [-0.25, -0.2) is 23.5 Å². The van der Waals surface area contributed by atoms with E-state index < -0.39 is 16.1 Å². The monoisotopic (exact) mass is 599 g/mol. The fraction of sp³-hybridized carbons (Fsp3) is 0.552. The lowest BCUT2D eigenvalue weighted by atomic mass is 9.82. The molecule has 42 heavy (non-hydrogen) atoms. The Morgan fingerprint density at radius 3 is 2.31 bits per heavy atom. The molecule has 0 radical (unpaired) electrons. The molecule has 1 amide bonds. The number of hydrogen-bond acceptors (Lipinski definition) is 8. The number of piperidine rings is 2. The maximum atomic E-state index is 13.8. The second kappa shape index (κ2) is 11.9. The van der Waals surface area contributed by atoms with Crippen molar-refractivity contribution in [2.75, 3.05) is 45.2 Å². The molecular weight excluding hydrogens is 561 g/mol. The quantitative estimate of drug-likeness (QED) is 0.405. The Morgan fingerprint density at radius 1 is 1.02 bits per heavy atom. The van der Waals surface area contributed by atoms with E-state index in [9.17, 15) is 17.6 Å². The van der Waals surface area contributed by atoms with Gasteiger partial charge < -0.3 is 14.5 Å². The Balaban J connectivity index is 1.39. The fourth-order valence-corrected chi connectivity index (χ4v) is 6.84. The van der Waals surface area contributed by atoms with Crippen LogP contribution < -0.4 is 14.3 Å². The first-order valence-electron chi connectivity index (χ1n) is 14.7. The first-order chi connectivity index (χ1) is 20.3. The SMILES string of the molecule is CNS(=O)(=O)NC(=O)c1cc(N2CCC(N3CCC(OC)CC3)CC2)c2c(C3CCC3)nn(-c3ccc(F)cc3)c2n1. The summed E-state index contributed by atoms with van der Waals surface area (Å²) >= 11 is 0. The maximum Gasteiger partial charge on any atom is 0.301 e. The van der Waals surface area contributed by atoms with E-state index in [2.05, 4.69) is 19.5 Å². The summed E-state index contributed by atoms with van der Waals surface area (Å²) in [5, 5.41) is 5.86. The van der Waals surface area contributed by atoms with Gasteiger partial charge in [-0.15, -0.1) is 0 Å². The van der Waals surface area contributed by atoms with Gasteiger partial charge >= 0.3 is 10.2 Å². The lowest BCUT2D eigenvalue weighted by Crippen LogP contribution is -2.48. The normalized spacial score (nSPS) is 19.7. The average molecular weight is 600 g/mol. The van der Waals surface area contributed by atoms with Gasteiger partial charge in [-0.1, -0.05) is 6.42 Å². The first kappa shape index (κ1) is 29.0. The highest BCUT2D eigenvalue weighted by molar-refractivity contribution is 7.88. The third-order valence-corrected chi connectivity index (χ3v) is 10.1. The Kier molecular flexibility index (Phi) is 8.18. The highest BCUT2D eigenvalue weighted by atomic mass is 32.2. The first-order valence-corrected chi connectivity index (χ1v) is 16.2. The van der Waals surface area contributed by atoms with Crippen LogP contribution in [0.1, 0.15) is 67.0 Å². The van der Waals surface area contributed by atoms with Crippen molar-refractivity contribution in [2.45, 2.75) is 63.0 Å². The van der Waals surface area contributed by atoms with Crippen molar-refractivity contribution in [1.82, 2.24) is 29.1 Å².